The molecule has 0 aliphatic carbocycles. The van der Waals surface area contributed by atoms with Crippen LogP contribution >= 0.6 is 15.9 Å². The standard InChI is InChI=1S/C16H14BrFO3/c1-21-15-7-6-10(9-14(15)18)8-12(16(19)20)11-4-2-3-5-13(11)17/h2-7,9,12H,8H2,1H3,(H,19,20). The van der Waals surface area contributed by atoms with E-state index in [9.17, 15) is 14.3 Å². The van der Waals surface area contributed by atoms with Gasteiger partial charge < -0.3 is 9.84 Å². The molecule has 2 aromatic rings. The van der Waals surface area contributed by atoms with Crippen LogP contribution in [0.2, 0.25) is 0 Å². The lowest BCUT2D eigenvalue weighted by Gasteiger charge is -2.15. The van der Waals surface area contributed by atoms with E-state index in [0.717, 1.165) is 4.47 Å². The summed E-state index contributed by atoms with van der Waals surface area (Å²) in [5.41, 5.74) is 1.28. The SMILES string of the molecule is COc1ccc(CC(C(=O)O)c2ccccc2Br)cc1F. The number of halogens is 2. The third-order valence-corrected chi connectivity index (χ3v) is 3.96. The Balaban J connectivity index is 2.31. The Morgan fingerprint density at radius 3 is 2.62 bits per heavy atom. The van der Waals surface area contributed by atoms with Crippen LogP contribution in [-0.2, 0) is 11.2 Å². The molecule has 2 aromatic carbocycles. The molecule has 1 unspecified atom stereocenters. The van der Waals surface area contributed by atoms with Gasteiger partial charge >= 0.3 is 5.97 Å². The molecule has 1 N–H and O–H groups in total. The van der Waals surface area contributed by atoms with Crippen LogP contribution in [0.5, 0.6) is 5.75 Å². The van der Waals surface area contributed by atoms with E-state index in [-0.39, 0.29) is 12.2 Å². The third-order valence-electron chi connectivity index (χ3n) is 3.23. The summed E-state index contributed by atoms with van der Waals surface area (Å²) in [7, 11) is 1.39. The molecule has 0 radical (unpaired) electrons. The van der Waals surface area contributed by atoms with Gasteiger partial charge in [0.25, 0.3) is 0 Å². The number of aliphatic carboxylic acids is 1. The molecule has 0 fully saturated rings. The second kappa shape index (κ2) is 6.72. The molecule has 0 bridgehead atoms. The number of ether oxygens (including phenoxy) is 1. The van der Waals surface area contributed by atoms with Crippen LogP contribution in [0, 0.1) is 5.82 Å². The van der Waals surface area contributed by atoms with Crippen molar-refractivity contribution in [3.05, 3.63) is 63.9 Å². The Bertz CT molecular complexity index is 658. The fourth-order valence-corrected chi connectivity index (χ4v) is 2.72. The number of carboxylic acids is 1. The summed E-state index contributed by atoms with van der Waals surface area (Å²) < 4.78 is 19.3. The molecule has 2 rings (SSSR count). The monoisotopic (exact) mass is 352 g/mol. The van der Waals surface area contributed by atoms with Gasteiger partial charge in [-0.15, -0.1) is 0 Å². The van der Waals surface area contributed by atoms with Crippen LogP contribution in [0.1, 0.15) is 17.0 Å². The highest BCUT2D eigenvalue weighted by molar-refractivity contribution is 9.10. The molecule has 3 nitrogen and oxygen atoms in total. The number of rotatable bonds is 5. The quantitative estimate of drug-likeness (QED) is 0.884. The number of carbonyl (C=O) groups is 1. The lowest BCUT2D eigenvalue weighted by Crippen LogP contribution is -2.15. The molecule has 0 heterocycles. The molecule has 21 heavy (non-hydrogen) atoms. The van der Waals surface area contributed by atoms with Crippen molar-refractivity contribution < 1.29 is 19.0 Å². The van der Waals surface area contributed by atoms with Crippen LogP contribution in [-0.4, -0.2) is 18.2 Å². The Morgan fingerprint density at radius 2 is 2.05 bits per heavy atom. The Labute approximate surface area is 130 Å². The molecular formula is C16H14BrFO3. The van der Waals surface area contributed by atoms with E-state index in [0.29, 0.717) is 11.1 Å². The van der Waals surface area contributed by atoms with Crippen molar-refractivity contribution in [3.63, 3.8) is 0 Å². The number of methoxy groups -OCH3 is 1. The van der Waals surface area contributed by atoms with Crippen molar-refractivity contribution in [1.29, 1.82) is 0 Å². The molecule has 0 saturated heterocycles. The smallest absolute Gasteiger partial charge is 0.311 e. The maximum Gasteiger partial charge on any atom is 0.311 e. The minimum Gasteiger partial charge on any atom is -0.494 e. The summed E-state index contributed by atoms with van der Waals surface area (Å²) in [5.74, 6) is -2.04. The number of benzene rings is 2. The highest BCUT2D eigenvalue weighted by atomic mass is 79.9. The summed E-state index contributed by atoms with van der Waals surface area (Å²) in [6, 6.07) is 11.6. The summed E-state index contributed by atoms with van der Waals surface area (Å²) >= 11 is 3.36. The van der Waals surface area contributed by atoms with Gasteiger partial charge in [-0.05, 0) is 35.7 Å². The second-order valence-corrected chi connectivity index (χ2v) is 5.44. The minimum absolute atomic E-state index is 0.145. The lowest BCUT2D eigenvalue weighted by molar-refractivity contribution is -0.138. The Kier molecular flexibility index (Phi) is 4.96. The van der Waals surface area contributed by atoms with Crippen molar-refractivity contribution >= 4 is 21.9 Å². The largest absolute Gasteiger partial charge is 0.494 e. The van der Waals surface area contributed by atoms with Crippen LogP contribution in [0.4, 0.5) is 4.39 Å². The van der Waals surface area contributed by atoms with Gasteiger partial charge in [0, 0.05) is 4.47 Å². The molecule has 0 amide bonds. The molecule has 0 saturated carbocycles. The van der Waals surface area contributed by atoms with E-state index in [1.54, 1.807) is 24.3 Å². The average molecular weight is 353 g/mol. The molecule has 0 aliphatic rings. The number of carboxylic acid groups (broad SMARTS) is 1. The first-order valence-electron chi connectivity index (χ1n) is 6.32. The number of hydrogen-bond acceptors (Lipinski definition) is 2. The van der Waals surface area contributed by atoms with Gasteiger partial charge in [0.15, 0.2) is 11.6 Å². The van der Waals surface area contributed by atoms with Crippen molar-refractivity contribution in [2.75, 3.05) is 7.11 Å². The predicted molar refractivity (Wildman–Crippen MR) is 81.2 cm³/mol. The number of hydrogen-bond donors (Lipinski definition) is 1. The summed E-state index contributed by atoms with van der Waals surface area (Å²) in [5, 5.41) is 9.44. The molecule has 0 spiro atoms. The van der Waals surface area contributed by atoms with Gasteiger partial charge in [0.1, 0.15) is 0 Å². The van der Waals surface area contributed by atoms with Gasteiger partial charge in [-0.3, -0.25) is 4.79 Å². The highest BCUT2D eigenvalue weighted by Crippen LogP contribution is 2.29. The maximum atomic E-state index is 13.7. The third kappa shape index (κ3) is 3.61. The van der Waals surface area contributed by atoms with E-state index in [4.69, 9.17) is 4.74 Å². The van der Waals surface area contributed by atoms with E-state index in [1.165, 1.54) is 19.2 Å². The van der Waals surface area contributed by atoms with E-state index < -0.39 is 17.7 Å². The lowest BCUT2D eigenvalue weighted by atomic mass is 9.92. The molecule has 0 aromatic heterocycles. The maximum absolute atomic E-state index is 13.7. The van der Waals surface area contributed by atoms with Crippen molar-refractivity contribution in [1.82, 2.24) is 0 Å². The Hall–Kier alpha value is -1.88. The van der Waals surface area contributed by atoms with Crippen molar-refractivity contribution in [2.24, 2.45) is 0 Å². The van der Waals surface area contributed by atoms with Crippen molar-refractivity contribution in [3.8, 4) is 5.75 Å². The first-order valence-corrected chi connectivity index (χ1v) is 7.12. The van der Waals surface area contributed by atoms with Crippen LogP contribution < -0.4 is 4.74 Å². The summed E-state index contributed by atoms with van der Waals surface area (Å²) in [4.78, 5) is 11.5. The Morgan fingerprint density at radius 1 is 1.33 bits per heavy atom. The van der Waals surface area contributed by atoms with Crippen molar-refractivity contribution in [2.45, 2.75) is 12.3 Å². The highest BCUT2D eigenvalue weighted by Gasteiger charge is 2.22. The van der Waals surface area contributed by atoms with E-state index in [1.807, 2.05) is 6.07 Å². The van der Waals surface area contributed by atoms with Crippen LogP contribution in [0.25, 0.3) is 0 Å². The van der Waals surface area contributed by atoms with Crippen LogP contribution in [0.3, 0.4) is 0 Å². The second-order valence-electron chi connectivity index (χ2n) is 4.59. The first kappa shape index (κ1) is 15.5. The fourth-order valence-electron chi connectivity index (χ4n) is 2.16. The molecule has 0 aliphatic heterocycles. The normalized spacial score (nSPS) is 12.0. The average Bonchev–Trinajstić information content (AvgIpc) is 2.45. The minimum atomic E-state index is -0.946. The fraction of sp³-hybridized carbons (Fsp3) is 0.188. The zero-order chi connectivity index (χ0) is 15.4. The summed E-state index contributed by atoms with van der Waals surface area (Å²) in [6.07, 6.45) is 0.207. The van der Waals surface area contributed by atoms with Gasteiger partial charge in [-0.2, -0.15) is 0 Å². The molecule has 110 valence electrons. The zero-order valence-electron chi connectivity index (χ0n) is 11.3. The zero-order valence-corrected chi connectivity index (χ0v) is 12.9. The summed E-state index contributed by atoms with van der Waals surface area (Å²) in [6.45, 7) is 0. The van der Waals surface area contributed by atoms with Gasteiger partial charge in [-0.1, -0.05) is 40.2 Å². The molecule has 5 heteroatoms. The molecule has 1 atom stereocenters. The van der Waals surface area contributed by atoms with Gasteiger partial charge in [-0.25, -0.2) is 4.39 Å². The van der Waals surface area contributed by atoms with E-state index in [2.05, 4.69) is 15.9 Å². The van der Waals surface area contributed by atoms with Crippen LogP contribution in [0.15, 0.2) is 46.9 Å². The van der Waals surface area contributed by atoms with Gasteiger partial charge in [0.2, 0.25) is 0 Å². The predicted octanol–water partition coefficient (Wildman–Crippen LogP) is 4.01. The molecular weight excluding hydrogens is 339 g/mol. The van der Waals surface area contributed by atoms with Gasteiger partial charge in [0.05, 0.1) is 13.0 Å². The van der Waals surface area contributed by atoms with E-state index >= 15 is 0 Å². The first-order chi connectivity index (χ1) is 10.0. The topological polar surface area (TPSA) is 46.5 Å².